The summed E-state index contributed by atoms with van der Waals surface area (Å²) in [6.45, 7) is 1.89. The lowest BCUT2D eigenvalue weighted by Crippen LogP contribution is -2.82. The second kappa shape index (κ2) is 8.15. The second-order valence-electron chi connectivity index (χ2n) is 5.64. The predicted molar refractivity (Wildman–Crippen MR) is 112 cm³/mol. The maximum atomic E-state index is 5.97. The molecular formula is C18H18ClN6OS+. The van der Waals surface area contributed by atoms with Crippen molar-refractivity contribution < 1.29 is 9.73 Å². The van der Waals surface area contributed by atoms with Crippen LogP contribution in [0.5, 0.6) is 5.75 Å². The number of aromatic nitrogens is 2. The van der Waals surface area contributed by atoms with E-state index in [0.29, 0.717) is 16.1 Å². The number of rotatable bonds is 3. The van der Waals surface area contributed by atoms with E-state index in [9.17, 15) is 0 Å². The number of fused-ring (bicyclic) bond motifs is 1. The fourth-order valence-corrected chi connectivity index (χ4v) is 2.77. The van der Waals surface area contributed by atoms with Gasteiger partial charge in [-0.05, 0) is 61.6 Å². The van der Waals surface area contributed by atoms with Gasteiger partial charge in [-0.1, -0.05) is 11.6 Å². The number of aryl methyl sites for hydroxylation is 1. The lowest BCUT2D eigenvalue weighted by Gasteiger charge is -2.07. The molecule has 0 unspecified atom stereocenters. The molecule has 0 spiro atoms. The van der Waals surface area contributed by atoms with E-state index >= 15 is 0 Å². The molecule has 0 saturated carbocycles. The van der Waals surface area contributed by atoms with E-state index in [1.807, 2.05) is 37.3 Å². The molecule has 7 nitrogen and oxygen atoms in total. The molecule has 0 aliphatic rings. The third kappa shape index (κ3) is 4.81. The molecule has 2 aromatic carbocycles. The predicted octanol–water partition coefficient (Wildman–Crippen LogP) is 1.80. The number of halogens is 1. The van der Waals surface area contributed by atoms with Crippen molar-refractivity contribution in [2.24, 2.45) is 5.73 Å². The van der Waals surface area contributed by atoms with Crippen molar-refractivity contribution in [2.45, 2.75) is 6.92 Å². The van der Waals surface area contributed by atoms with Crippen LogP contribution in [0, 0.1) is 6.92 Å². The first-order valence-corrected chi connectivity index (χ1v) is 8.78. The van der Waals surface area contributed by atoms with Gasteiger partial charge in [0.2, 0.25) is 0 Å². The minimum Gasteiger partial charge on any atom is -0.497 e. The largest absolute Gasteiger partial charge is 0.497 e. The van der Waals surface area contributed by atoms with Gasteiger partial charge in [-0.15, -0.1) is 0 Å². The molecule has 0 fully saturated rings. The quantitative estimate of drug-likeness (QED) is 0.302. The Hall–Kier alpha value is -2.97. The van der Waals surface area contributed by atoms with Gasteiger partial charge in [-0.3, -0.25) is 5.32 Å². The zero-order chi connectivity index (χ0) is 19.4. The van der Waals surface area contributed by atoms with Crippen LogP contribution < -0.4 is 26.1 Å². The Morgan fingerprint density at radius 1 is 1.15 bits per heavy atom. The van der Waals surface area contributed by atoms with Crippen molar-refractivity contribution in [2.75, 3.05) is 17.7 Å². The van der Waals surface area contributed by atoms with Crippen LogP contribution >= 0.6 is 23.8 Å². The Morgan fingerprint density at radius 2 is 1.89 bits per heavy atom. The molecule has 0 aliphatic heterocycles. The van der Waals surface area contributed by atoms with E-state index < -0.39 is 0 Å². The topological polar surface area (TPSA) is 99.1 Å². The van der Waals surface area contributed by atoms with Crippen molar-refractivity contribution in [1.29, 1.82) is 0 Å². The van der Waals surface area contributed by atoms with Crippen molar-refractivity contribution in [3.8, 4) is 5.75 Å². The first kappa shape index (κ1) is 18.8. The molecule has 5 N–H and O–H groups in total. The number of nitrogens with one attached hydrogen (secondary N) is 3. The molecule has 0 atom stereocenters. The number of methoxy groups -OCH3 is 1. The Morgan fingerprint density at radius 3 is 2.59 bits per heavy atom. The smallest absolute Gasteiger partial charge is 0.312 e. The van der Waals surface area contributed by atoms with Crippen LogP contribution in [0.3, 0.4) is 0 Å². The van der Waals surface area contributed by atoms with Gasteiger partial charge < -0.3 is 10.5 Å². The summed E-state index contributed by atoms with van der Waals surface area (Å²) in [5.74, 6) is 1.32. The van der Waals surface area contributed by atoms with Crippen molar-refractivity contribution in [3.05, 3.63) is 53.2 Å². The summed E-state index contributed by atoms with van der Waals surface area (Å²) >= 11 is 11.1. The van der Waals surface area contributed by atoms with Crippen LogP contribution in [0.2, 0.25) is 5.02 Å². The molecule has 0 radical (unpaired) electrons. The molecule has 27 heavy (non-hydrogen) atoms. The fourth-order valence-electron chi connectivity index (χ4n) is 2.41. The van der Waals surface area contributed by atoms with E-state index in [4.69, 9.17) is 34.3 Å². The number of nitrogens with two attached hydrogens (primary N) is 1. The molecule has 0 aliphatic carbocycles. The summed E-state index contributed by atoms with van der Waals surface area (Å²) in [6, 6.07) is 12.7. The standard InChI is InChI=1S/C18H17ClN6OS/c1-10-14-9-13(26-2)7-8-15(14)23-17(21-10)24-16(20)25-18(27)22-12-5-3-11(19)4-6-12/h3-9H,1-2H3,(H4,20,21,22,23,24,25,27)/p+1. The summed E-state index contributed by atoms with van der Waals surface area (Å²) < 4.78 is 5.24. The van der Waals surface area contributed by atoms with Gasteiger partial charge in [0.25, 0.3) is 11.1 Å². The lowest BCUT2D eigenvalue weighted by molar-refractivity contribution is -0.311. The summed E-state index contributed by atoms with van der Waals surface area (Å²) in [4.78, 5) is 11.7. The summed E-state index contributed by atoms with van der Waals surface area (Å²) in [5.41, 5.74) is 8.34. The van der Waals surface area contributed by atoms with Gasteiger partial charge in [-0.2, -0.15) is 0 Å². The molecular weight excluding hydrogens is 384 g/mol. The SMILES string of the molecule is COc1ccc2nc(NC(N)=[NH+]C(=S)Nc3ccc(Cl)cc3)nc(C)c2c1. The number of anilines is 2. The number of ether oxygens (including phenoxy) is 1. The van der Waals surface area contributed by atoms with Crippen LogP contribution in [-0.2, 0) is 0 Å². The second-order valence-corrected chi connectivity index (χ2v) is 6.49. The molecule has 1 heterocycles. The zero-order valence-electron chi connectivity index (χ0n) is 14.7. The Labute approximate surface area is 166 Å². The monoisotopic (exact) mass is 401 g/mol. The molecule has 1 aromatic heterocycles. The highest BCUT2D eigenvalue weighted by atomic mass is 35.5. The van der Waals surface area contributed by atoms with E-state index in [1.165, 1.54) is 0 Å². The first-order chi connectivity index (χ1) is 12.9. The van der Waals surface area contributed by atoms with E-state index in [0.717, 1.165) is 28.0 Å². The number of hydrogen-bond donors (Lipinski definition) is 4. The number of thiocarbonyl (C=S) groups is 1. The summed E-state index contributed by atoms with van der Waals surface area (Å²) in [5, 5.41) is 7.80. The van der Waals surface area contributed by atoms with Gasteiger partial charge in [0.15, 0.2) is 0 Å². The summed E-state index contributed by atoms with van der Waals surface area (Å²) in [6.07, 6.45) is 0. The Kier molecular flexibility index (Phi) is 5.68. The minimum absolute atomic E-state index is 0.203. The van der Waals surface area contributed by atoms with Gasteiger partial charge in [-0.25, -0.2) is 20.3 Å². The van der Waals surface area contributed by atoms with Crippen LogP contribution in [0.4, 0.5) is 11.6 Å². The number of guanidine groups is 1. The number of nitrogens with zero attached hydrogens (tertiary/aromatic N) is 2. The van der Waals surface area contributed by atoms with Crippen LogP contribution in [0.1, 0.15) is 5.69 Å². The molecule has 0 saturated heterocycles. The number of benzene rings is 2. The Balaban J connectivity index is 1.74. The average Bonchev–Trinajstić information content (AvgIpc) is 2.63. The fraction of sp³-hybridized carbons (Fsp3) is 0.111. The number of hydrogen-bond acceptors (Lipinski definition) is 4. The lowest BCUT2D eigenvalue weighted by atomic mass is 10.2. The van der Waals surface area contributed by atoms with Crippen molar-refractivity contribution in [3.63, 3.8) is 0 Å². The normalized spacial score (nSPS) is 11.3. The van der Waals surface area contributed by atoms with Gasteiger partial charge in [0.05, 0.1) is 24.0 Å². The van der Waals surface area contributed by atoms with Crippen LogP contribution in [0.15, 0.2) is 42.5 Å². The molecule has 0 amide bonds. The molecule has 138 valence electrons. The zero-order valence-corrected chi connectivity index (χ0v) is 16.3. The summed E-state index contributed by atoms with van der Waals surface area (Å²) in [7, 11) is 1.62. The van der Waals surface area contributed by atoms with E-state index in [-0.39, 0.29) is 5.96 Å². The third-order valence-electron chi connectivity index (χ3n) is 3.69. The molecule has 3 aromatic rings. The van der Waals surface area contributed by atoms with Crippen molar-refractivity contribution in [1.82, 2.24) is 9.97 Å². The van der Waals surface area contributed by atoms with E-state index in [2.05, 4.69) is 25.6 Å². The minimum atomic E-state index is 0.203. The Bertz CT molecular complexity index is 1020. The van der Waals surface area contributed by atoms with Gasteiger partial charge in [0.1, 0.15) is 5.75 Å². The van der Waals surface area contributed by atoms with Crippen molar-refractivity contribution >= 4 is 57.4 Å². The van der Waals surface area contributed by atoms with Crippen LogP contribution in [-0.4, -0.2) is 28.1 Å². The molecule has 9 heteroatoms. The molecule has 3 rings (SSSR count). The molecule has 0 bridgehead atoms. The third-order valence-corrected chi connectivity index (χ3v) is 4.15. The van der Waals surface area contributed by atoms with E-state index in [1.54, 1.807) is 19.2 Å². The highest BCUT2D eigenvalue weighted by molar-refractivity contribution is 7.80. The maximum absolute atomic E-state index is 5.97. The average molecular weight is 402 g/mol. The maximum Gasteiger partial charge on any atom is 0.312 e. The van der Waals surface area contributed by atoms with Gasteiger partial charge >= 0.3 is 5.96 Å². The van der Waals surface area contributed by atoms with Crippen LogP contribution in [0.25, 0.3) is 10.9 Å². The van der Waals surface area contributed by atoms with Gasteiger partial charge in [0, 0.05) is 10.4 Å². The first-order valence-electron chi connectivity index (χ1n) is 8.00. The highest BCUT2D eigenvalue weighted by Crippen LogP contribution is 2.22. The highest BCUT2D eigenvalue weighted by Gasteiger charge is 2.10.